The van der Waals surface area contributed by atoms with Gasteiger partial charge in [0, 0.05) is 24.0 Å². The zero-order valence-corrected chi connectivity index (χ0v) is 12.2. The number of hydrazine groups is 1. The summed E-state index contributed by atoms with van der Waals surface area (Å²) in [7, 11) is 0. The summed E-state index contributed by atoms with van der Waals surface area (Å²) in [5.74, 6) is 6.10. The molecule has 0 atom stereocenters. The van der Waals surface area contributed by atoms with E-state index >= 15 is 0 Å². The van der Waals surface area contributed by atoms with Crippen LogP contribution in [0.4, 0.5) is 5.82 Å². The van der Waals surface area contributed by atoms with E-state index in [0.29, 0.717) is 11.9 Å². The van der Waals surface area contributed by atoms with Crippen LogP contribution in [0.15, 0.2) is 35.7 Å². The van der Waals surface area contributed by atoms with Gasteiger partial charge in [0.1, 0.15) is 5.82 Å². The van der Waals surface area contributed by atoms with Gasteiger partial charge in [-0.2, -0.15) is 0 Å². The van der Waals surface area contributed by atoms with E-state index < -0.39 is 0 Å². The highest BCUT2D eigenvalue weighted by Gasteiger charge is 2.12. The summed E-state index contributed by atoms with van der Waals surface area (Å²) in [4.78, 5) is 8.24. The molecule has 0 bridgehead atoms. The van der Waals surface area contributed by atoms with Crippen LogP contribution in [-0.2, 0) is 13.1 Å². The molecule has 0 saturated heterocycles. The van der Waals surface area contributed by atoms with Crippen molar-refractivity contribution in [3.05, 3.63) is 46.3 Å². The summed E-state index contributed by atoms with van der Waals surface area (Å²) in [5, 5.41) is 2.12. The van der Waals surface area contributed by atoms with Crippen molar-refractivity contribution in [1.29, 1.82) is 0 Å². The highest BCUT2D eigenvalue weighted by molar-refractivity contribution is 7.09. The molecule has 0 fully saturated rings. The van der Waals surface area contributed by atoms with Gasteiger partial charge in [-0.25, -0.2) is 10.8 Å². The van der Waals surface area contributed by atoms with Gasteiger partial charge in [-0.1, -0.05) is 12.1 Å². The first-order valence-corrected chi connectivity index (χ1v) is 7.26. The second kappa shape index (κ2) is 6.65. The Labute approximate surface area is 118 Å². The number of nitrogens with zero attached hydrogens (tertiary/aromatic N) is 2. The fourth-order valence-corrected chi connectivity index (χ4v) is 2.61. The lowest BCUT2D eigenvalue weighted by atomic mass is 10.2. The van der Waals surface area contributed by atoms with E-state index in [-0.39, 0.29) is 0 Å². The van der Waals surface area contributed by atoms with Crippen molar-refractivity contribution in [1.82, 2.24) is 9.88 Å². The van der Waals surface area contributed by atoms with Gasteiger partial charge in [-0.05, 0) is 37.4 Å². The lowest BCUT2D eigenvalue weighted by Crippen LogP contribution is -2.30. The zero-order valence-electron chi connectivity index (χ0n) is 11.3. The zero-order chi connectivity index (χ0) is 13.7. The minimum atomic E-state index is 0.471. The standard InChI is InChI=1S/C14H20N4S/c1-11(2)18(10-13-6-4-8-19-13)9-12-5-3-7-14(16-12)17-15/h3-8,11H,9-10,15H2,1-2H3,(H,16,17). The van der Waals surface area contributed by atoms with Gasteiger partial charge >= 0.3 is 0 Å². The number of nitrogens with two attached hydrogens (primary N) is 1. The quantitative estimate of drug-likeness (QED) is 0.629. The molecule has 0 unspecified atom stereocenters. The molecule has 2 heterocycles. The van der Waals surface area contributed by atoms with Gasteiger partial charge in [0.2, 0.25) is 0 Å². The molecule has 0 saturated carbocycles. The van der Waals surface area contributed by atoms with Gasteiger partial charge in [0.15, 0.2) is 0 Å². The first-order valence-electron chi connectivity index (χ1n) is 6.38. The minimum Gasteiger partial charge on any atom is -0.308 e. The van der Waals surface area contributed by atoms with E-state index in [2.05, 4.69) is 46.7 Å². The molecule has 0 aliphatic heterocycles. The van der Waals surface area contributed by atoms with Crippen molar-refractivity contribution in [2.45, 2.75) is 33.0 Å². The molecule has 3 N–H and O–H groups in total. The number of hydrogen-bond donors (Lipinski definition) is 2. The number of thiophene rings is 1. The smallest absolute Gasteiger partial charge is 0.140 e. The predicted molar refractivity (Wildman–Crippen MR) is 80.7 cm³/mol. The number of rotatable bonds is 6. The molecular weight excluding hydrogens is 256 g/mol. The highest BCUT2D eigenvalue weighted by Crippen LogP contribution is 2.16. The van der Waals surface area contributed by atoms with E-state index in [1.807, 2.05) is 18.2 Å². The van der Waals surface area contributed by atoms with Crippen LogP contribution in [0.25, 0.3) is 0 Å². The number of nitrogens with one attached hydrogen (secondary N) is 1. The second-order valence-corrected chi connectivity index (χ2v) is 5.77. The van der Waals surface area contributed by atoms with Crippen molar-refractivity contribution >= 4 is 17.2 Å². The van der Waals surface area contributed by atoms with E-state index in [0.717, 1.165) is 18.8 Å². The largest absolute Gasteiger partial charge is 0.308 e. The van der Waals surface area contributed by atoms with Crippen molar-refractivity contribution in [3.63, 3.8) is 0 Å². The first-order chi connectivity index (χ1) is 9.19. The van der Waals surface area contributed by atoms with Crippen LogP contribution in [0.5, 0.6) is 0 Å². The van der Waals surface area contributed by atoms with Crippen LogP contribution in [0, 0.1) is 0 Å². The van der Waals surface area contributed by atoms with Crippen molar-refractivity contribution in [3.8, 4) is 0 Å². The summed E-state index contributed by atoms with van der Waals surface area (Å²) in [5.41, 5.74) is 3.62. The van der Waals surface area contributed by atoms with Crippen LogP contribution >= 0.6 is 11.3 Å². The average molecular weight is 276 g/mol. The lowest BCUT2D eigenvalue weighted by Gasteiger charge is -2.25. The fraction of sp³-hybridized carbons (Fsp3) is 0.357. The second-order valence-electron chi connectivity index (χ2n) is 4.74. The van der Waals surface area contributed by atoms with E-state index in [9.17, 15) is 0 Å². The number of hydrogen-bond acceptors (Lipinski definition) is 5. The molecule has 0 amide bonds. The molecule has 0 aliphatic rings. The Morgan fingerprint density at radius 2 is 2.11 bits per heavy atom. The van der Waals surface area contributed by atoms with Crippen molar-refractivity contribution in [2.75, 3.05) is 5.43 Å². The maximum absolute atomic E-state index is 5.39. The number of pyridine rings is 1. The molecular formula is C14H20N4S. The monoisotopic (exact) mass is 276 g/mol. The third kappa shape index (κ3) is 4.02. The Bertz CT molecular complexity index is 496. The molecule has 0 aliphatic carbocycles. The normalized spacial score (nSPS) is 11.2. The fourth-order valence-electron chi connectivity index (χ4n) is 1.88. The van der Waals surface area contributed by atoms with Gasteiger partial charge in [0.25, 0.3) is 0 Å². The topological polar surface area (TPSA) is 54.2 Å². The van der Waals surface area contributed by atoms with E-state index in [4.69, 9.17) is 5.84 Å². The van der Waals surface area contributed by atoms with E-state index in [1.165, 1.54) is 4.88 Å². The molecule has 0 radical (unpaired) electrons. The maximum atomic E-state index is 5.39. The van der Waals surface area contributed by atoms with Crippen LogP contribution in [0.2, 0.25) is 0 Å². The molecule has 5 heteroatoms. The SMILES string of the molecule is CC(C)N(Cc1cccc(NN)n1)Cc1cccs1. The van der Waals surface area contributed by atoms with E-state index in [1.54, 1.807) is 11.3 Å². The van der Waals surface area contributed by atoms with Crippen LogP contribution in [-0.4, -0.2) is 15.9 Å². The Morgan fingerprint density at radius 1 is 1.26 bits per heavy atom. The molecule has 4 nitrogen and oxygen atoms in total. The van der Waals surface area contributed by atoms with Crippen molar-refractivity contribution < 1.29 is 0 Å². The summed E-state index contributed by atoms with van der Waals surface area (Å²) in [6.45, 7) is 6.19. The molecule has 2 aromatic heterocycles. The lowest BCUT2D eigenvalue weighted by molar-refractivity contribution is 0.203. The molecule has 0 spiro atoms. The van der Waals surface area contributed by atoms with Gasteiger partial charge in [0.05, 0.1) is 5.69 Å². The predicted octanol–water partition coefficient (Wildman–Crippen LogP) is 2.84. The van der Waals surface area contributed by atoms with Gasteiger partial charge < -0.3 is 5.43 Å². The molecule has 0 aromatic carbocycles. The van der Waals surface area contributed by atoms with Gasteiger partial charge in [-0.15, -0.1) is 11.3 Å². The third-order valence-electron chi connectivity index (χ3n) is 2.99. The highest BCUT2D eigenvalue weighted by atomic mass is 32.1. The number of anilines is 1. The van der Waals surface area contributed by atoms with Crippen LogP contribution in [0.1, 0.15) is 24.4 Å². The van der Waals surface area contributed by atoms with Crippen LogP contribution < -0.4 is 11.3 Å². The number of aromatic nitrogens is 1. The van der Waals surface area contributed by atoms with Crippen molar-refractivity contribution in [2.24, 2.45) is 5.84 Å². The Kier molecular flexibility index (Phi) is 4.90. The Hall–Kier alpha value is -1.43. The molecule has 2 rings (SSSR count). The first kappa shape index (κ1) is 14.0. The molecule has 19 heavy (non-hydrogen) atoms. The third-order valence-corrected chi connectivity index (χ3v) is 3.85. The minimum absolute atomic E-state index is 0.471. The summed E-state index contributed by atoms with van der Waals surface area (Å²) >= 11 is 1.79. The average Bonchev–Trinajstić information content (AvgIpc) is 2.91. The summed E-state index contributed by atoms with van der Waals surface area (Å²) < 4.78 is 0. The molecule has 102 valence electrons. The number of nitrogen functional groups attached to an aromatic ring is 1. The summed E-state index contributed by atoms with van der Waals surface area (Å²) in [6, 6.07) is 10.6. The van der Waals surface area contributed by atoms with Gasteiger partial charge in [-0.3, -0.25) is 4.90 Å². The maximum Gasteiger partial charge on any atom is 0.140 e. The Morgan fingerprint density at radius 3 is 2.74 bits per heavy atom. The Balaban J connectivity index is 2.07. The summed E-state index contributed by atoms with van der Waals surface area (Å²) in [6.07, 6.45) is 0. The van der Waals surface area contributed by atoms with Crippen LogP contribution in [0.3, 0.4) is 0 Å². The molecule has 2 aromatic rings.